The molecule has 180 valence electrons. The summed E-state index contributed by atoms with van der Waals surface area (Å²) in [4.78, 5) is 23.9. The highest BCUT2D eigenvalue weighted by Gasteiger charge is 2.24. The van der Waals surface area contributed by atoms with E-state index in [1.165, 1.54) is 5.56 Å². The molecule has 1 fully saturated rings. The number of rotatable bonds is 6. The summed E-state index contributed by atoms with van der Waals surface area (Å²) in [5.41, 5.74) is 3.96. The number of carbonyl (C=O) groups excluding carboxylic acids is 1. The number of aromatic nitrogens is 3. The summed E-state index contributed by atoms with van der Waals surface area (Å²) in [5, 5.41) is 8.66. The van der Waals surface area contributed by atoms with Crippen LogP contribution < -0.4 is 15.6 Å². The lowest BCUT2D eigenvalue weighted by Crippen LogP contribution is -2.38. The van der Waals surface area contributed by atoms with Crippen molar-refractivity contribution in [2.75, 3.05) is 0 Å². The largest absolute Gasteiger partial charge is 0.490 e. The molecule has 0 unspecified atom stereocenters. The third-order valence-electron chi connectivity index (χ3n) is 6.70. The second kappa shape index (κ2) is 9.78. The van der Waals surface area contributed by atoms with E-state index in [-0.39, 0.29) is 23.6 Å². The van der Waals surface area contributed by atoms with E-state index in [0.29, 0.717) is 12.3 Å². The van der Waals surface area contributed by atoms with Crippen molar-refractivity contribution in [3.63, 3.8) is 0 Å². The van der Waals surface area contributed by atoms with Gasteiger partial charge in [0.1, 0.15) is 5.75 Å². The number of hydrogen-bond acceptors (Lipinski definition) is 4. The monoisotopic (exact) mass is 470 g/mol. The van der Waals surface area contributed by atoms with Crippen LogP contribution in [0.2, 0.25) is 0 Å². The molecule has 1 amide bonds. The van der Waals surface area contributed by atoms with E-state index >= 15 is 0 Å². The van der Waals surface area contributed by atoms with Gasteiger partial charge in [0.05, 0.1) is 24.4 Å². The van der Waals surface area contributed by atoms with Gasteiger partial charge in [-0.3, -0.25) is 14.3 Å². The van der Waals surface area contributed by atoms with Crippen molar-refractivity contribution in [3.8, 4) is 16.9 Å². The lowest BCUT2D eigenvalue weighted by molar-refractivity contribution is -0.120. The Kier molecular flexibility index (Phi) is 6.40. The quantitative estimate of drug-likeness (QED) is 0.456. The molecule has 0 aliphatic heterocycles. The molecule has 0 bridgehead atoms. The maximum Gasteiger partial charge on any atom is 0.254 e. The number of hydrogen-bond donors (Lipinski definition) is 1. The molecular weight excluding hydrogens is 440 g/mol. The SMILES string of the molecule is CC(=O)NC1CCC(Oc2cc(=O)n(C)cc2-c2ccc3cnn(Cc4ccccc4)c3c2)CC1. The smallest absolute Gasteiger partial charge is 0.254 e. The first-order chi connectivity index (χ1) is 17.0. The first-order valence-corrected chi connectivity index (χ1v) is 12.1. The van der Waals surface area contributed by atoms with Gasteiger partial charge < -0.3 is 14.6 Å². The Bertz CT molecular complexity index is 1400. The van der Waals surface area contributed by atoms with E-state index in [4.69, 9.17) is 4.74 Å². The lowest BCUT2D eigenvalue weighted by atomic mass is 9.93. The molecule has 0 atom stereocenters. The Morgan fingerprint density at radius 2 is 1.86 bits per heavy atom. The number of pyridine rings is 1. The Morgan fingerprint density at radius 1 is 1.09 bits per heavy atom. The van der Waals surface area contributed by atoms with Gasteiger partial charge in [-0.25, -0.2) is 0 Å². The summed E-state index contributed by atoms with van der Waals surface area (Å²) in [7, 11) is 1.76. The van der Waals surface area contributed by atoms with Crippen LogP contribution in [0.15, 0.2) is 71.8 Å². The number of fused-ring (bicyclic) bond motifs is 1. The number of benzene rings is 2. The molecule has 0 spiro atoms. The molecule has 7 nitrogen and oxygen atoms in total. The lowest BCUT2D eigenvalue weighted by Gasteiger charge is -2.30. The highest BCUT2D eigenvalue weighted by Crippen LogP contribution is 2.33. The van der Waals surface area contributed by atoms with Gasteiger partial charge in [0.15, 0.2) is 0 Å². The van der Waals surface area contributed by atoms with Crippen LogP contribution in [0.1, 0.15) is 38.2 Å². The first-order valence-electron chi connectivity index (χ1n) is 12.1. The van der Waals surface area contributed by atoms with E-state index in [2.05, 4.69) is 40.7 Å². The van der Waals surface area contributed by atoms with Crippen molar-refractivity contribution in [2.24, 2.45) is 7.05 Å². The Balaban J connectivity index is 1.44. The molecule has 1 aliphatic carbocycles. The molecule has 7 heteroatoms. The van der Waals surface area contributed by atoms with E-state index in [1.807, 2.05) is 35.3 Å². The molecule has 2 aromatic carbocycles. The van der Waals surface area contributed by atoms with Crippen LogP contribution in [-0.4, -0.2) is 32.4 Å². The van der Waals surface area contributed by atoms with Crippen molar-refractivity contribution in [1.82, 2.24) is 19.7 Å². The van der Waals surface area contributed by atoms with Gasteiger partial charge in [-0.15, -0.1) is 0 Å². The van der Waals surface area contributed by atoms with E-state index < -0.39 is 0 Å². The molecule has 0 radical (unpaired) electrons. The van der Waals surface area contributed by atoms with E-state index in [9.17, 15) is 9.59 Å². The van der Waals surface area contributed by atoms with Gasteiger partial charge >= 0.3 is 0 Å². The van der Waals surface area contributed by atoms with Crippen molar-refractivity contribution in [2.45, 2.75) is 51.3 Å². The summed E-state index contributed by atoms with van der Waals surface area (Å²) in [6.45, 7) is 2.24. The van der Waals surface area contributed by atoms with Crippen LogP contribution in [-0.2, 0) is 18.4 Å². The summed E-state index contributed by atoms with van der Waals surface area (Å²) in [6.07, 6.45) is 7.15. The van der Waals surface area contributed by atoms with Crippen LogP contribution in [0.5, 0.6) is 5.75 Å². The number of aryl methyl sites for hydroxylation is 1. The summed E-state index contributed by atoms with van der Waals surface area (Å²) >= 11 is 0. The molecule has 2 aromatic heterocycles. The van der Waals surface area contributed by atoms with Crippen LogP contribution in [0.25, 0.3) is 22.0 Å². The fraction of sp³-hybridized carbons (Fsp3) is 0.321. The number of amides is 1. The highest BCUT2D eigenvalue weighted by molar-refractivity contribution is 5.85. The van der Waals surface area contributed by atoms with Gasteiger partial charge in [-0.1, -0.05) is 42.5 Å². The second-order valence-corrected chi connectivity index (χ2v) is 9.35. The zero-order valence-electron chi connectivity index (χ0n) is 20.1. The number of ether oxygens (including phenoxy) is 1. The molecular formula is C28H30N4O3. The zero-order valence-corrected chi connectivity index (χ0v) is 20.1. The second-order valence-electron chi connectivity index (χ2n) is 9.35. The molecule has 1 aliphatic rings. The molecule has 1 saturated carbocycles. The van der Waals surface area contributed by atoms with Gasteiger partial charge in [0.25, 0.3) is 5.56 Å². The van der Waals surface area contributed by atoms with E-state index in [1.54, 1.807) is 24.6 Å². The Hall–Kier alpha value is -3.87. The van der Waals surface area contributed by atoms with E-state index in [0.717, 1.165) is 47.7 Å². The van der Waals surface area contributed by atoms with Gasteiger partial charge in [0.2, 0.25) is 5.91 Å². The fourth-order valence-corrected chi connectivity index (χ4v) is 4.84. The maximum atomic E-state index is 12.5. The van der Waals surface area contributed by atoms with Crippen molar-refractivity contribution in [3.05, 3.63) is 82.9 Å². The third kappa shape index (κ3) is 5.14. The highest BCUT2D eigenvalue weighted by atomic mass is 16.5. The Morgan fingerprint density at radius 3 is 2.60 bits per heavy atom. The number of nitrogens with zero attached hydrogens (tertiary/aromatic N) is 3. The maximum absolute atomic E-state index is 12.5. The summed E-state index contributed by atoms with van der Waals surface area (Å²) in [5.74, 6) is 0.606. The minimum atomic E-state index is -0.106. The van der Waals surface area contributed by atoms with Crippen molar-refractivity contribution in [1.29, 1.82) is 0 Å². The van der Waals surface area contributed by atoms with Crippen molar-refractivity contribution >= 4 is 16.8 Å². The third-order valence-corrected chi connectivity index (χ3v) is 6.70. The van der Waals surface area contributed by atoms with Crippen LogP contribution in [0.4, 0.5) is 0 Å². The average molecular weight is 471 g/mol. The first kappa shape index (κ1) is 22.9. The summed E-state index contributed by atoms with van der Waals surface area (Å²) < 4.78 is 9.99. The minimum Gasteiger partial charge on any atom is -0.490 e. The average Bonchev–Trinajstić information content (AvgIpc) is 3.24. The Labute approximate surface area is 204 Å². The standard InChI is InChI=1S/C28H30N4O3/c1-19(33)30-23-10-12-24(13-11-23)35-27-15-28(34)31(2)18-25(27)21-8-9-22-16-29-32(26(22)14-21)17-20-6-4-3-5-7-20/h3-9,14-16,18,23-24H,10-13,17H2,1-2H3,(H,30,33). The van der Waals surface area contributed by atoms with Gasteiger partial charge in [-0.05, 0) is 42.9 Å². The van der Waals surface area contributed by atoms with Crippen LogP contribution in [0.3, 0.4) is 0 Å². The van der Waals surface area contributed by atoms with Gasteiger partial charge in [-0.2, -0.15) is 5.10 Å². The predicted octanol–water partition coefficient (Wildman–Crippen LogP) is 4.28. The van der Waals surface area contributed by atoms with Gasteiger partial charge in [0, 0.05) is 43.2 Å². The van der Waals surface area contributed by atoms with Crippen molar-refractivity contribution < 1.29 is 9.53 Å². The number of carbonyl (C=O) groups is 1. The van der Waals surface area contributed by atoms with Crippen LogP contribution in [0, 0.1) is 0 Å². The predicted molar refractivity (Wildman–Crippen MR) is 136 cm³/mol. The normalized spacial score (nSPS) is 17.9. The fourth-order valence-electron chi connectivity index (χ4n) is 4.84. The molecule has 35 heavy (non-hydrogen) atoms. The molecule has 0 saturated heterocycles. The zero-order chi connectivity index (χ0) is 24.4. The summed E-state index contributed by atoms with van der Waals surface area (Å²) in [6, 6.07) is 18.3. The molecule has 2 heterocycles. The minimum absolute atomic E-state index is 0.00473. The number of nitrogens with one attached hydrogen (secondary N) is 1. The molecule has 1 N–H and O–H groups in total. The topological polar surface area (TPSA) is 78.2 Å². The van der Waals surface area contributed by atoms with Crippen LogP contribution >= 0.6 is 0 Å². The molecule has 5 rings (SSSR count). The molecule has 4 aromatic rings.